The normalized spacial score (nSPS) is 25.5. The molecule has 0 saturated carbocycles. The summed E-state index contributed by atoms with van der Waals surface area (Å²) < 4.78 is 11.5. The molecule has 1 N–H and O–H groups in total. The first-order valence-electron chi connectivity index (χ1n) is 4.41. The van der Waals surface area contributed by atoms with Crippen molar-refractivity contribution < 1.29 is 14.6 Å². The van der Waals surface area contributed by atoms with Crippen molar-refractivity contribution in [1.82, 2.24) is 4.98 Å². The monoisotopic (exact) mass is 341 g/mol. The van der Waals surface area contributed by atoms with E-state index in [2.05, 4.69) is 27.6 Å². The van der Waals surface area contributed by atoms with Crippen LogP contribution in [0.25, 0.3) is 0 Å². The van der Waals surface area contributed by atoms with Gasteiger partial charge in [-0.2, -0.15) is 0 Å². The van der Waals surface area contributed by atoms with Gasteiger partial charge in [0, 0.05) is 0 Å². The van der Waals surface area contributed by atoms with Crippen molar-refractivity contribution in [3.05, 3.63) is 20.9 Å². The number of hydrogen-bond acceptors (Lipinski definition) is 4. The molecule has 2 atom stereocenters. The molecule has 0 bridgehead atoms. The molecule has 0 spiro atoms. The lowest BCUT2D eigenvalue weighted by Crippen LogP contribution is -2.30. The van der Waals surface area contributed by atoms with Crippen LogP contribution in [0.3, 0.4) is 0 Å². The summed E-state index contributed by atoms with van der Waals surface area (Å²) in [6.07, 6.45) is -0.953. The first-order chi connectivity index (χ1) is 7.16. The molecular weight excluding hydrogens is 332 g/mol. The highest BCUT2D eigenvalue weighted by Gasteiger charge is 2.28. The zero-order valence-electron chi connectivity index (χ0n) is 7.69. The largest absolute Gasteiger partial charge is 0.468 e. The predicted molar refractivity (Wildman–Crippen MR) is 63.2 cm³/mol. The number of aliphatic hydroxyl groups is 1. The molecule has 1 fully saturated rings. The molecule has 2 rings (SSSR count). The van der Waals surface area contributed by atoms with E-state index in [-0.39, 0.29) is 6.10 Å². The quantitative estimate of drug-likeness (QED) is 0.654. The van der Waals surface area contributed by atoms with E-state index in [0.29, 0.717) is 24.2 Å². The first-order valence-corrected chi connectivity index (χ1v) is 5.87. The summed E-state index contributed by atoms with van der Waals surface area (Å²) >= 11 is 7.85. The predicted octanol–water partition coefficient (Wildman–Crippen LogP) is 1.48. The Bertz CT molecular complexity index is 363. The molecule has 2 heterocycles. The minimum atomic E-state index is -0.596. The summed E-state index contributed by atoms with van der Waals surface area (Å²) in [7, 11) is 0. The van der Waals surface area contributed by atoms with Crippen LogP contribution in [0.2, 0.25) is 5.15 Å². The van der Waals surface area contributed by atoms with Gasteiger partial charge < -0.3 is 14.6 Å². The number of pyridine rings is 1. The zero-order chi connectivity index (χ0) is 10.8. The third-order valence-corrected chi connectivity index (χ3v) is 3.07. The third-order valence-electron chi connectivity index (χ3n) is 2.04. The van der Waals surface area contributed by atoms with Crippen LogP contribution >= 0.6 is 34.2 Å². The number of rotatable bonds is 2. The van der Waals surface area contributed by atoms with E-state index < -0.39 is 6.10 Å². The molecule has 1 aromatic heterocycles. The Balaban J connectivity index is 2.12. The number of aliphatic hydroxyl groups excluding tert-OH is 1. The van der Waals surface area contributed by atoms with Gasteiger partial charge in [0.15, 0.2) is 6.10 Å². The third kappa shape index (κ3) is 2.72. The van der Waals surface area contributed by atoms with Crippen LogP contribution in [-0.4, -0.2) is 35.5 Å². The topological polar surface area (TPSA) is 51.6 Å². The highest BCUT2D eigenvalue weighted by molar-refractivity contribution is 14.1. The van der Waals surface area contributed by atoms with E-state index in [4.69, 9.17) is 21.1 Å². The van der Waals surface area contributed by atoms with E-state index in [0.717, 1.165) is 3.57 Å². The average molecular weight is 342 g/mol. The summed E-state index contributed by atoms with van der Waals surface area (Å²) in [5, 5.41) is 9.87. The van der Waals surface area contributed by atoms with Gasteiger partial charge in [-0.05, 0) is 34.7 Å². The van der Waals surface area contributed by atoms with Crippen molar-refractivity contribution in [1.29, 1.82) is 0 Å². The van der Waals surface area contributed by atoms with Gasteiger partial charge in [0.25, 0.3) is 0 Å². The van der Waals surface area contributed by atoms with Crippen molar-refractivity contribution >= 4 is 34.2 Å². The van der Waals surface area contributed by atoms with Crippen molar-refractivity contribution in [3.8, 4) is 5.88 Å². The van der Waals surface area contributed by atoms with E-state index in [1.54, 1.807) is 6.07 Å². The van der Waals surface area contributed by atoms with E-state index in [1.807, 2.05) is 6.07 Å². The Hall–Kier alpha value is -0.110. The highest BCUT2D eigenvalue weighted by atomic mass is 127. The molecule has 0 aromatic carbocycles. The number of aromatic nitrogens is 1. The molecule has 1 saturated heterocycles. The van der Waals surface area contributed by atoms with Crippen LogP contribution < -0.4 is 4.74 Å². The standard InChI is InChI=1S/C9H9ClINO3/c10-8-2-1-5(11)9(12-8)15-7-4-14-3-6(7)13/h1-2,6-7,13H,3-4H2/t6-,7-/m0/s1. The van der Waals surface area contributed by atoms with Gasteiger partial charge in [0.05, 0.1) is 16.8 Å². The van der Waals surface area contributed by atoms with Gasteiger partial charge in [-0.1, -0.05) is 11.6 Å². The lowest BCUT2D eigenvalue weighted by Gasteiger charge is -2.15. The Kier molecular flexibility index (Phi) is 3.65. The molecule has 82 valence electrons. The van der Waals surface area contributed by atoms with Gasteiger partial charge in [-0.3, -0.25) is 0 Å². The number of halogens is 2. The summed E-state index contributed by atoms with van der Waals surface area (Å²) in [4.78, 5) is 4.04. The molecule has 1 aliphatic rings. The first kappa shape index (κ1) is 11.4. The van der Waals surface area contributed by atoms with Crippen molar-refractivity contribution in [2.45, 2.75) is 12.2 Å². The van der Waals surface area contributed by atoms with Crippen molar-refractivity contribution in [2.24, 2.45) is 0 Å². The fourth-order valence-corrected chi connectivity index (χ4v) is 1.83. The van der Waals surface area contributed by atoms with Crippen LogP contribution in [0.4, 0.5) is 0 Å². The van der Waals surface area contributed by atoms with Crippen LogP contribution in [0.15, 0.2) is 12.1 Å². The van der Waals surface area contributed by atoms with Crippen LogP contribution in [0.5, 0.6) is 5.88 Å². The molecule has 15 heavy (non-hydrogen) atoms. The van der Waals surface area contributed by atoms with E-state index in [9.17, 15) is 5.11 Å². The smallest absolute Gasteiger partial charge is 0.228 e. The number of hydrogen-bond donors (Lipinski definition) is 1. The highest BCUT2D eigenvalue weighted by Crippen LogP contribution is 2.23. The second-order valence-corrected chi connectivity index (χ2v) is 4.73. The van der Waals surface area contributed by atoms with Gasteiger partial charge in [0.1, 0.15) is 11.3 Å². The molecule has 0 aliphatic carbocycles. The van der Waals surface area contributed by atoms with Crippen LogP contribution in [-0.2, 0) is 4.74 Å². The lowest BCUT2D eigenvalue weighted by molar-refractivity contribution is 0.0698. The number of nitrogens with zero attached hydrogens (tertiary/aromatic N) is 1. The average Bonchev–Trinajstić information content (AvgIpc) is 2.58. The van der Waals surface area contributed by atoms with Gasteiger partial charge >= 0.3 is 0 Å². The molecule has 0 radical (unpaired) electrons. The summed E-state index contributed by atoms with van der Waals surface area (Å²) in [5.41, 5.74) is 0. The zero-order valence-corrected chi connectivity index (χ0v) is 10.6. The molecule has 6 heteroatoms. The SMILES string of the molecule is O[C@H]1COC[C@@H]1Oc1nc(Cl)ccc1I. The molecule has 1 aromatic rings. The van der Waals surface area contributed by atoms with Crippen LogP contribution in [0, 0.1) is 3.57 Å². The fourth-order valence-electron chi connectivity index (χ4n) is 1.26. The van der Waals surface area contributed by atoms with E-state index in [1.165, 1.54) is 0 Å². The second kappa shape index (κ2) is 4.82. The van der Waals surface area contributed by atoms with Gasteiger partial charge in [0.2, 0.25) is 5.88 Å². The fraction of sp³-hybridized carbons (Fsp3) is 0.444. The van der Waals surface area contributed by atoms with Crippen molar-refractivity contribution in [3.63, 3.8) is 0 Å². The Morgan fingerprint density at radius 3 is 3.00 bits per heavy atom. The van der Waals surface area contributed by atoms with Crippen LogP contribution in [0.1, 0.15) is 0 Å². The lowest BCUT2D eigenvalue weighted by atomic mass is 10.3. The second-order valence-electron chi connectivity index (χ2n) is 3.18. The van der Waals surface area contributed by atoms with Crippen molar-refractivity contribution in [2.75, 3.05) is 13.2 Å². The molecule has 1 aliphatic heterocycles. The summed E-state index contributed by atoms with van der Waals surface area (Å²) in [6.45, 7) is 0.688. The maximum atomic E-state index is 9.50. The molecule has 4 nitrogen and oxygen atoms in total. The Labute approximate surface area is 106 Å². The molecule has 0 amide bonds. The maximum absolute atomic E-state index is 9.50. The number of ether oxygens (including phenoxy) is 2. The summed E-state index contributed by atoms with van der Waals surface area (Å²) in [5.74, 6) is 0.442. The maximum Gasteiger partial charge on any atom is 0.228 e. The van der Waals surface area contributed by atoms with Gasteiger partial charge in [-0.15, -0.1) is 0 Å². The minimum Gasteiger partial charge on any atom is -0.468 e. The van der Waals surface area contributed by atoms with E-state index >= 15 is 0 Å². The Morgan fingerprint density at radius 1 is 1.53 bits per heavy atom. The van der Waals surface area contributed by atoms with Gasteiger partial charge in [-0.25, -0.2) is 4.98 Å². The minimum absolute atomic E-state index is 0.307. The Morgan fingerprint density at radius 2 is 2.33 bits per heavy atom. The molecule has 0 unspecified atom stereocenters. The molecular formula is C9H9ClINO3. The summed E-state index contributed by atoms with van der Waals surface area (Å²) in [6, 6.07) is 3.51.